The zero-order valence-electron chi connectivity index (χ0n) is 14.8. The van der Waals surface area contributed by atoms with Crippen molar-refractivity contribution in [3.05, 3.63) is 30.0 Å². The first-order valence-corrected chi connectivity index (χ1v) is 8.65. The van der Waals surface area contributed by atoms with Gasteiger partial charge < -0.3 is 19.7 Å². The molecule has 130 valence electrons. The molecule has 0 aliphatic carbocycles. The molecule has 24 heavy (non-hydrogen) atoms. The summed E-state index contributed by atoms with van der Waals surface area (Å²) in [6, 6.07) is 6.26. The molecule has 0 atom stereocenters. The second kappa shape index (κ2) is 7.81. The van der Waals surface area contributed by atoms with E-state index in [-0.39, 0.29) is 6.10 Å². The first-order valence-electron chi connectivity index (χ1n) is 8.65. The smallest absolute Gasteiger partial charge is 0.221 e. The summed E-state index contributed by atoms with van der Waals surface area (Å²) in [5, 5.41) is 5.72. The Kier molecular flexibility index (Phi) is 5.53. The van der Waals surface area contributed by atoms with Gasteiger partial charge in [0.05, 0.1) is 6.61 Å². The third-order valence-corrected chi connectivity index (χ3v) is 4.63. The Morgan fingerprint density at radius 1 is 1.29 bits per heavy atom. The molecule has 1 aromatic heterocycles. The summed E-state index contributed by atoms with van der Waals surface area (Å²) in [7, 11) is 3.88. The van der Waals surface area contributed by atoms with Crippen molar-refractivity contribution in [2.24, 2.45) is 0 Å². The normalized spacial score (nSPS) is 16.5. The molecule has 3 rings (SSSR count). The Balaban J connectivity index is 1.86. The number of aromatic nitrogens is 1. The predicted octanol–water partition coefficient (Wildman–Crippen LogP) is 3.07. The summed E-state index contributed by atoms with van der Waals surface area (Å²) in [6.07, 6.45) is 4.27. The highest BCUT2D eigenvalue weighted by Gasteiger charge is 2.20. The summed E-state index contributed by atoms with van der Waals surface area (Å²) >= 11 is 0. The quantitative estimate of drug-likeness (QED) is 0.825. The van der Waals surface area contributed by atoms with Gasteiger partial charge in [-0.2, -0.15) is 0 Å². The minimum atomic E-state index is 0.254. The van der Waals surface area contributed by atoms with Crippen LogP contribution in [0.25, 0.3) is 10.8 Å². The largest absolute Gasteiger partial charge is 0.474 e. The number of nitrogens with zero attached hydrogens (tertiary/aromatic N) is 2. The SMILES string of the molecule is COCCNc1cccc2c(OC3CCN(C)CC3)ncc(C)c12. The lowest BCUT2D eigenvalue weighted by Gasteiger charge is -2.29. The van der Waals surface area contributed by atoms with E-state index < -0.39 is 0 Å². The van der Waals surface area contributed by atoms with Crippen molar-refractivity contribution in [2.75, 3.05) is 45.7 Å². The van der Waals surface area contributed by atoms with Crippen LogP contribution >= 0.6 is 0 Å². The van der Waals surface area contributed by atoms with Crippen LogP contribution in [0, 0.1) is 6.92 Å². The average molecular weight is 329 g/mol. The van der Waals surface area contributed by atoms with Crippen LogP contribution in [0.2, 0.25) is 0 Å². The molecule has 2 aromatic rings. The van der Waals surface area contributed by atoms with Gasteiger partial charge in [0.25, 0.3) is 0 Å². The van der Waals surface area contributed by atoms with E-state index in [1.165, 1.54) is 5.39 Å². The molecule has 1 aliphatic rings. The van der Waals surface area contributed by atoms with Crippen molar-refractivity contribution < 1.29 is 9.47 Å². The van der Waals surface area contributed by atoms with Crippen LogP contribution < -0.4 is 10.1 Å². The predicted molar refractivity (Wildman–Crippen MR) is 98.0 cm³/mol. The second-order valence-electron chi connectivity index (χ2n) is 6.51. The van der Waals surface area contributed by atoms with Crippen LogP contribution in [0.1, 0.15) is 18.4 Å². The lowest BCUT2D eigenvalue weighted by molar-refractivity contribution is 0.111. The maximum absolute atomic E-state index is 6.26. The molecule has 0 spiro atoms. The summed E-state index contributed by atoms with van der Waals surface area (Å²) in [5.74, 6) is 0.751. The summed E-state index contributed by atoms with van der Waals surface area (Å²) in [5.41, 5.74) is 2.26. The monoisotopic (exact) mass is 329 g/mol. The fourth-order valence-electron chi connectivity index (χ4n) is 3.23. The van der Waals surface area contributed by atoms with Crippen molar-refractivity contribution >= 4 is 16.5 Å². The van der Waals surface area contributed by atoms with Gasteiger partial charge in [0, 0.05) is 49.4 Å². The fraction of sp³-hybridized carbons (Fsp3) is 0.526. The van der Waals surface area contributed by atoms with Crippen LogP contribution in [0.4, 0.5) is 5.69 Å². The number of pyridine rings is 1. The molecular weight excluding hydrogens is 302 g/mol. The van der Waals surface area contributed by atoms with Crippen LogP contribution in [-0.4, -0.2) is 56.4 Å². The lowest BCUT2D eigenvalue weighted by atomic mass is 10.1. The van der Waals surface area contributed by atoms with Crippen molar-refractivity contribution in [1.29, 1.82) is 0 Å². The average Bonchev–Trinajstić information content (AvgIpc) is 2.59. The summed E-state index contributed by atoms with van der Waals surface area (Å²) in [6.45, 7) is 5.72. The number of fused-ring (bicyclic) bond motifs is 1. The number of hydrogen-bond acceptors (Lipinski definition) is 5. The van der Waals surface area contributed by atoms with E-state index in [0.29, 0.717) is 6.61 Å². The van der Waals surface area contributed by atoms with E-state index in [4.69, 9.17) is 9.47 Å². The molecule has 5 heteroatoms. The van der Waals surface area contributed by atoms with E-state index in [0.717, 1.165) is 55.0 Å². The highest BCUT2D eigenvalue weighted by molar-refractivity contribution is 5.99. The number of rotatable bonds is 6. The van der Waals surface area contributed by atoms with E-state index in [1.807, 2.05) is 6.20 Å². The Morgan fingerprint density at radius 2 is 2.08 bits per heavy atom. The molecule has 2 heterocycles. The molecule has 1 N–H and O–H groups in total. The van der Waals surface area contributed by atoms with Gasteiger partial charge in [0.15, 0.2) is 0 Å². The number of methoxy groups -OCH3 is 1. The highest BCUT2D eigenvalue weighted by atomic mass is 16.5. The van der Waals surface area contributed by atoms with Crippen molar-refractivity contribution in [1.82, 2.24) is 9.88 Å². The topological polar surface area (TPSA) is 46.6 Å². The maximum atomic E-state index is 6.26. The van der Waals surface area contributed by atoms with E-state index in [2.05, 4.69) is 47.4 Å². The summed E-state index contributed by atoms with van der Waals surface area (Å²) < 4.78 is 11.4. The maximum Gasteiger partial charge on any atom is 0.221 e. The zero-order chi connectivity index (χ0) is 16.9. The molecular formula is C19H27N3O2. The molecule has 1 saturated heterocycles. The Labute approximate surface area is 144 Å². The molecule has 1 aromatic carbocycles. The third kappa shape index (κ3) is 3.79. The third-order valence-electron chi connectivity index (χ3n) is 4.63. The van der Waals surface area contributed by atoms with Gasteiger partial charge in [-0.25, -0.2) is 4.98 Å². The van der Waals surface area contributed by atoms with Gasteiger partial charge in [-0.1, -0.05) is 6.07 Å². The standard InChI is InChI=1S/C19H27N3O2/c1-14-13-21-19(24-15-7-10-22(2)11-8-15)16-5-4-6-17(18(14)16)20-9-12-23-3/h4-6,13,15,20H,7-12H2,1-3H3. The molecule has 1 fully saturated rings. The van der Waals surface area contributed by atoms with Crippen LogP contribution in [0.3, 0.4) is 0 Å². The molecule has 1 aliphatic heterocycles. The molecule has 0 bridgehead atoms. The van der Waals surface area contributed by atoms with E-state index >= 15 is 0 Å². The molecule has 0 saturated carbocycles. The molecule has 0 unspecified atom stereocenters. The van der Waals surface area contributed by atoms with Gasteiger partial charge in [-0.15, -0.1) is 0 Å². The van der Waals surface area contributed by atoms with E-state index in [9.17, 15) is 0 Å². The lowest BCUT2D eigenvalue weighted by Crippen LogP contribution is -2.35. The Morgan fingerprint density at radius 3 is 2.83 bits per heavy atom. The van der Waals surface area contributed by atoms with Gasteiger partial charge in [-0.3, -0.25) is 0 Å². The van der Waals surface area contributed by atoms with Gasteiger partial charge >= 0.3 is 0 Å². The van der Waals surface area contributed by atoms with Crippen LogP contribution in [0.15, 0.2) is 24.4 Å². The summed E-state index contributed by atoms with van der Waals surface area (Å²) in [4.78, 5) is 6.91. The van der Waals surface area contributed by atoms with Gasteiger partial charge in [0.2, 0.25) is 5.88 Å². The van der Waals surface area contributed by atoms with Crippen LogP contribution in [-0.2, 0) is 4.74 Å². The number of likely N-dealkylation sites (tertiary alicyclic amines) is 1. The molecule has 5 nitrogen and oxygen atoms in total. The van der Waals surface area contributed by atoms with Gasteiger partial charge in [-0.05, 0) is 44.5 Å². The Hall–Kier alpha value is -1.85. The number of ether oxygens (including phenoxy) is 2. The number of benzene rings is 1. The minimum Gasteiger partial charge on any atom is -0.474 e. The first-order chi connectivity index (χ1) is 11.7. The number of hydrogen-bond donors (Lipinski definition) is 1. The van der Waals surface area contributed by atoms with Crippen molar-refractivity contribution in [3.8, 4) is 5.88 Å². The van der Waals surface area contributed by atoms with Crippen molar-refractivity contribution in [2.45, 2.75) is 25.9 Å². The van der Waals surface area contributed by atoms with Crippen molar-refractivity contribution in [3.63, 3.8) is 0 Å². The first kappa shape index (κ1) is 17.0. The number of anilines is 1. The number of aryl methyl sites for hydroxylation is 1. The minimum absolute atomic E-state index is 0.254. The molecule has 0 amide bonds. The second-order valence-corrected chi connectivity index (χ2v) is 6.51. The Bertz CT molecular complexity index is 682. The van der Waals surface area contributed by atoms with E-state index in [1.54, 1.807) is 7.11 Å². The van der Waals surface area contributed by atoms with Crippen LogP contribution in [0.5, 0.6) is 5.88 Å². The highest BCUT2D eigenvalue weighted by Crippen LogP contribution is 2.33. The number of nitrogens with one attached hydrogen (secondary N) is 1. The fourth-order valence-corrected chi connectivity index (χ4v) is 3.23. The van der Waals surface area contributed by atoms with Gasteiger partial charge in [0.1, 0.15) is 6.10 Å². The zero-order valence-corrected chi connectivity index (χ0v) is 14.8. The number of piperidine rings is 1. The molecule has 0 radical (unpaired) electrons.